The first kappa shape index (κ1) is 9.83. The molecule has 0 fully saturated rings. The maximum Gasteiger partial charge on any atom is 0.0440 e. The molecule has 1 rings (SSSR count). The van der Waals surface area contributed by atoms with E-state index in [9.17, 15) is 0 Å². The fourth-order valence-electron chi connectivity index (χ4n) is 0.968. The molecule has 0 aliphatic carbocycles. The SMILES string of the molecule is Cc1cc[c]cc1C#CCCCO. The molecule has 0 saturated carbocycles. The number of hydrogen-bond donors (Lipinski definition) is 1. The molecule has 0 spiro atoms. The van der Waals surface area contributed by atoms with E-state index in [1.54, 1.807) is 0 Å². The Balaban J connectivity index is 2.61. The van der Waals surface area contributed by atoms with Crippen LogP contribution < -0.4 is 0 Å². The number of aryl methyl sites for hydroxylation is 1. The van der Waals surface area contributed by atoms with Gasteiger partial charge in [-0.2, -0.15) is 0 Å². The summed E-state index contributed by atoms with van der Waals surface area (Å²) in [4.78, 5) is 0. The molecule has 1 aromatic carbocycles. The largest absolute Gasteiger partial charge is 0.396 e. The lowest BCUT2D eigenvalue weighted by Crippen LogP contribution is -1.81. The summed E-state index contributed by atoms with van der Waals surface area (Å²) >= 11 is 0. The van der Waals surface area contributed by atoms with Crippen LogP contribution in [0.25, 0.3) is 0 Å². The third-order valence-corrected chi connectivity index (χ3v) is 1.77. The maximum absolute atomic E-state index is 8.54. The quantitative estimate of drug-likeness (QED) is 0.535. The van der Waals surface area contributed by atoms with Crippen molar-refractivity contribution >= 4 is 0 Å². The number of rotatable bonds is 2. The topological polar surface area (TPSA) is 20.2 Å². The van der Waals surface area contributed by atoms with Crippen LogP contribution in [-0.4, -0.2) is 11.7 Å². The molecule has 0 aliphatic rings. The van der Waals surface area contributed by atoms with Crippen molar-refractivity contribution in [1.82, 2.24) is 0 Å². The zero-order valence-electron chi connectivity index (χ0n) is 7.80. The van der Waals surface area contributed by atoms with Gasteiger partial charge in [0.2, 0.25) is 0 Å². The van der Waals surface area contributed by atoms with E-state index in [0.29, 0.717) is 0 Å². The Kier molecular flexibility index (Phi) is 4.08. The molecule has 0 saturated heterocycles. The summed E-state index contributed by atoms with van der Waals surface area (Å²) in [6.45, 7) is 2.25. The lowest BCUT2D eigenvalue weighted by atomic mass is 10.1. The fourth-order valence-corrected chi connectivity index (χ4v) is 0.968. The van der Waals surface area contributed by atoms with E-state index in [1.165, 1.54) is 5.56 Å². The highest BCUT2D eigenvalue weighted by molar-refractivity contribution is 5.39. The normalized spacial score (nSPS) is 9.08. The summed E-state index contributed by atoms with van der Waals surface area (Å²) in [5.74, 6) is 6.07. The van der Waals surface area contributed by atoms with E-state index in [1.807, 2.05) is 25.1 Å². The first-order valence-electron chi connectivity index (χ1n) is 4.41. The van der Waals surface area contributed by atoms with Crippen molar-refractivity contribution in [2.24, 2.45) is 0 Å². The van der Waals surface area contributed by atoms with Crippen LogP contribution in [0.5, 0.6) is 0 Å². The van der Waals surface area contributed by atoms with Gasteiger partial charge >= 0.3 is 0 Å². The molecule has 0 bridgehead atoms. The van der Waals surface area contributed by atoms with E-state index in [-0.39, 0.29) is 6.61 Å². The average Bonchev–Trinajstić information content (AvgIpc) is 2.15. The Morgan fingerprint density at radius 2 is 2.38 bits per heavy atom. The molecular formula is C12H13O. The van der Waals surface area contributed by atoms with Gasteiger partial charge in [-0.25, -0.2) is 0 Å². The third kappa shape index (κ3) is 3.31. The van der Waals surface area contributed by atoms with Crippen LogP contribution in [0.2, 0.25) is 0 Å². The number of hydrogen-bond acceptors (Lipinski definition) is 1. The minimum absolute atomic E-state index is 0.217. The van der Waals surface area contributed by atoms with Crippen LogP contribution in [-0.2, 0) is 0 Å². The highest BCUT2D eigenvalue weighted by atomic mass is 16.2. The van der Waals surface area contributed by atoms with E-state index >= 15 is 0 Å². The van der Waals surface area contributed by atoms with Gasteiger partial charge in [-0.1, -0.05) is 24.0 Å². The highest BCUT2D eigenvalue weighted by Gasteiger charge is 1.89. The summed E-state index contributed by atoms with van der Waals surface area (Å²) < 4.78 is 0. The number of aliphatic hydroxyl groups is 1. The molecule has 0 aromatic heterocycles. The molecule has 1 radical (unpaired) electrons. The Hall–Kier alpha value is -1.26. The first-order valence-corrected chi connectivity index (χ1v) is 4.41. The molecule has 1 aromatic rings. The van der Waals surface area contributed by atoms with Crippen LogP contribution in [0.3, 0.4) is 0 Å². The zero-order valence-corrected chi connectivity index (χ0v) is 7.80. The Bertz CT molecular complexity index is 317. The zero-order chi connectivity index (χ0) is 9.52. The minimum Gasteiger partial charge on any atom is -0.396 e. The molecule has 0 unspecified atom stereocenters. The van der Waals surface area contributed by atoms with Crippen LogP contribution in [0.15, 0.2) is 18.2 Å². The van der Waals surface area contributed by atoms with E-state index in [4.69, 9.17) is 5.11 Å². The van der Waals surface area contributed by atoms with Gasteiger partial charge in [-0.3, -0.25) is 0 Å². The molecular weight excluding hydrogens is 160 g/mol. The smallest absolute Gasteiger partial charge is 0.0440 e. The predicted molar refractivity (Wildman–Crippen MR) is 53.2 cm³/mol. The summed E-state index contributed by atoms with van der Waals surface area (Å²) in [6.07, 6.45) is 1.51. The monoisotopic (exact) mass is 173 g/mol. The lowest BCUT2D eigenvalue weighted by molar-refractivity contribution is 0.290. The van der Waals surface area contributed by atoms with Gasteiger partial charge in [0, 0.05) is 18.6 Å². The van der Waals surface area contributed by atoms with Crippen molar-refractivity contribution in [2.45, 2.75) is 19.8 Å². The summed E-state index contributed by atoms with van der Waals surface area (Å²) in [5.41, 5.74) is 2.20. The van der Waals surface area contributed by atoms with Crippen LogP contribution in [0.1, 0.15) is 24.0 Å². The van der Waals surface area contributed by atoms with Crippen molar-refractivity contribution in [2.75, 3.05) is 6.61 Å². The molecule has 0 atom stereocenters. The number of benzene rings is 1. The second kappa shape index (κ2) is 5.40. The molecule has 1 heteroatoms. The van der Waals surface area contributed by atoms with Gasteiger partial charge in [0.25, 0.3) is 0 Å². The second-order valence-electron chi connectivity index (χ2n) is 2.87. The van der Waals surface area contributed by atoms with E-state index in [2.05, 4.69) is 17.9 Å². The fraction of sp³-hybridized carbons (Fsp3) is 0.333. The standard InChI is InChI=1S/C12H13O/c1-11-7-4-5-9-12(11)8-3-2-6-10-13/h4,7,9,13H,2,6,10H2,1H3. The van der Waals surface area contributed by atoms with Gasteiger partial charge in [0.05, 0.1) is 0 Å². The van der Waals surface area contributed by atoms with Gasteiger partial charge < -0.3 is 5.11 Å². The van der Waals surface area contributed by atoms with E-state index in [0.717, 1.165) is 18.4 Å². The van der Waals surface area contributed by atoms with Crippen molar-refractivity contribution in [3.05, 3.63) is 35.4 Å². The summed E-state index contributed by atoms with van der Waals surface area (Å²) in [6, 6.07) is 8.76. The van der Waals surface area contributed by atoms with Gasteiger partial charge in [-0.05, 0) is 31.0 Å². The first-order chi connectivity index (χ1) is 6.34. The molecule has 1 N–H and O–H groups in total. The minimum atomic E-state index is 0.217. The molecule has 0 amide bonds. The maximum atomic E-state index is 8.54. The molecule has 1 nitrogen and oxygen atoms in total. The predicted octanol–water partition coefficient (Wildman–Crippen LogP) is 1.92. The van der Waals surface area contributed by atoms with Gasteiger partial charge in [0.15, 0.2) is 0 Å². The van der Waals surface area contributed by atoms with Gasteiger partial charge in [0.1, 0.15) is 0 Å². The molecule has 0 aliphatic heterocycles. The Morgan fingerprint density at radius 1 is 1.54 bits per heavy atom. The van der Waals surface area contributed by atoms with Crippen LogP contribution in [0.4, 0.5) is 0 Å². The third-order valence-electron chi connectivity index (χ3n) is 1.77. The summed E-state index contributed by atoms with van der Waals surface area (Å²) in [5, 5.41) is 8.54. The number of aliphatic hydroxyl groups excluding tert-OH is 1. The second-order valence-corrected chi connectivity index (χ2v) is 2.87. The highest BCUT2D eigenvalue weighted by Crippen LogP contribution is 2.03. The molecule has 13 heavy (non-hydrogen) atoms. The average molecular weight is 173 g/mol. The van der Waals surface area contributed by atoms with Crippen LogP contribution >= 0.6 is 0 Å². The lowest BCUT2D eigenvalue weighted by Gasteiger charge is -1.94. The van der Waals surface area contributed by atoms with Crippen molar-refractivity contribution < 1.29 is 5.11 Å². The van der Waals surface area contributed by atoms with E-state index < -0.39 is 0 Å². The number of unbranched alkanes of at least 4 members (excludes halogenated alkanes) is 1. The van der Waals surface area contributed by atoms with Crippen molar-refractivity contribution in [1.29, 1.82) is 0 Å². The summed E-state index contributed by atoms with van der Waals surface area (Å²) in [7, 11) is 0. The van der Waals surface area contributed by atoms with Crippen LogP contribution in [0, 0.1) is 24.8 Å². The van der Waals surface area contributed by atoms with Crippen molar-refractivity contribution in [3.63, 3.8) is 0 Å². The van der Waals surface area contributed by atoms with Gasteiger partial charge in [-0.15, -0.1) is 0 Å². The van der Waals surface area contributed by atoms with Crippen molar-refractivity contribution in [3.8, 4) is 11.8 Å². The molecule has 67 valence electrons. The Labute approximate surface area is 79.4 Å². The molecule has 0 heterocycles. The Morgan fingerprint density at radius 3 is 3.08 bits per heavy atom.